The molecular weight excluding hydrogens is 316 g/mol. The Morgan fingerprint density at radius 1 is 1.35 bits per heavy atom. The van der Waals surface area contributed by atoms with Crippen LogP contribution in [0.3, 0.4) is 0 Å². The third-order valence-corrected chi connectivity index (χ3v) is 4.18. The molecule has 0 fully saturated rings. The van der Waals surface area contributed by atoms with Crippen molar-refractivity contribution in [2.24, 2.45) is 0 Å². The Kier molecular flexibility index (Phi) is 5.81. The highest BCUT2D eigenvalue weighted by atomic mass is 32.1. The van der Waals surface area contributed by atoms with Crippen LogP contribution < -0.4 is 19.7 Å². The van der Waals surface area contributed by atoms with Crippen LogP contribution in [-0.4, -0.2) is 24.2 Å². The van der Waals surface area contributed by atoms with Gasteiger partial charge < -0.3 is 14.8 Å². The number of hydrogen-bond donors (Lipinski definition) is 1. The molecule has 1 aromatic carbocycles. The van der Waals surface area contributed by atoms with Crippen molar-refractivity contribution in [1.29, 1.82) is 0 Å². The molecule has 0 saturated carbocycles. The molecule has 1 aromatic heterocycles. The van der Waals surface area contributed by atoms with Crippen LogP contribution in [0.4, 0.5) is 0 Å². The third kappa shape index (κ3) is 4.35. The van der Waals surface area contributed by atoms with E-state index in [1.165, 1.54) is 4.57 Å². The standard InChI is InChI=1S/C16H20N2O4S/c1-4-22-13-6-5-12(7-14(13)21-3)8-17-15(19)9-18-11(2)10-23-16(18)20/h5-7,10H,4,8-9H2,1-3H3,(H,17,19). The first-order chi connectivity index (χ1) is 11.0. The second kappa shape index (κ2) is 7.82. The Hall–Kier alpha value is -2.28. The second-order valence-electron chi connectivity index (χ2n) is 4.92. The number of thiazole rings is 1. The maximum Gasteiger partial charge on any atom is 0.307 e. The minimum atomic E-state index is -0.207. The van der Waals surface area contributed by atoms with Gasteiger partial charge in [-0.2, -0.15) is 0 Å². The number of amides is 1. The van der Waals surface area contributed by atoms with Gasteiger partial charge in [0, 0.05) is 17.6 Å². The molecule has 1 N–H and O–H groups in total. The lowest BCUT2D eigenvalue weighted by atomic mass is 10.2. The predicted octanol–water partition coefficient (Wildman–Crippen LogP) is 1.94. The molecule has 0 spiro atoms. The summed E-state index contributed by atoms with van der Waals surface area (Å²) in [6, 6.07) is 5.51. The predicted molar refractivity (Wildman–Crippen MR) is 89.3 cm³/mol. The molecule has 0 unspecified atom stereocenters. The highest BCUT2D eigenvalue weighted by Crippen LogP contribution is 2.27. The number of hydrogen-bond acceptors (Lipinski definition) is 5. The number of carbonyl (C=O) groups excluding carboxylic acids is 1. The van der Waals surface area contributed by atoms with Crippen LogP contribution in [0.5, 0.6) is 11.5 Å². The molecule has 6 nitrogen and oxygen atoms in total. The fourth-order valence-corrected chi connectivity index (χ4v) is 2.83. The average Bonchev–Trinajstić information content (AvgIpc) is 2.86. The van der Waals surface area contributed by atoms with Crippen molar-refractivity contribution in [3.8, 4) is 11.5 Å². The van der Waals surface area contributed by atoms with Crippen LogP contribution in [0.25, 0.3) is 0 Å². The molecule has 2 rings (SSSR count). The Labute approximate surface area is 138 Å². The van der Waals surface area contributed by atoms with Crippen molar-refractivity contribution in [3.05, 3.63) is 44.5 Å². The van der Waals surface area contributed by atoms with E-state index in [2.05, 4.69) is 5.32 Å². The van der Waals surface area contributed by atoms with Crippen molar-refractivity contribution in [3.63, 3.8) is 0 Å². The SMILES string of the molecule is CCOc1ccc(CNC(=O)Cn2c(C)csc2=O)cc1OC. The second-order valence-corrected chi connectivity index (χ2v) is 5.74. The van der Waals surface area contributed by atoms with Crippen LogP contribution in [0.1, 0.15) is 18.2 Å². The van der Waals surface area contributed by atoms with Crippen molar-refractivity contribution in [1.82, 2.24) is 9.88 Å². The van der Waals surface area contributed by atoms with Gasteiger partial charge >= 0.3 is 4.87 Å². The first-order valence-electron chi connectivity index (χ1n) is 7.26. The maximum atomic E-state index is 12.0. The van der Waals surface area contributed by atoms with E-state index in [1.54, 1.807) is 12.5 Å². The summed E-state index contributed by atoms with van der Waals surface area (Å²) in [6.45, 7) is 4.66. The fourth-order valence-electron chi connectivity index (χ4n) is 2.09. The molecule has 0 bridgehead atoms. The van der Waals surface area contributed by atoms with Crippen molar-refractivity contribution in [2.45, 2.75) is 26.9 Å². The normalized spacial score (nSPS) is 10.4. The van der Waals surface area contributed by atoms with Crippen LogP contribution in [0.15, 0.2) is 28.4 Å². The molecular formula is C16H20N2O4S. The monoisotopic (exact) mass is 336 g/mol. The van der Waals surface area contributed by atoms with Crippen molar-refractivity contribution < 1.29 is 14.3 Å². The number of rotatable bonds is 7. The van der Waals surface area contributed by atoms with Gasteiger partial charge in [-0.25, -0.2) is 0 Å². The Morgan fingerprint density at radius 3 is 2.74 bits per heavy atom. The maximum absolute atomic E-state index is 12.0. The van der Waals surface area contributed by atoms with Crippen molar-refractivity contribution in [2.75, 3.05) is 13.7 Å². The van der Waals surface area contributed by atoms with Gasteiger partial charge in [-0.3, -0.25) is 14.2 Å². The van der Waals surface area contributed by atoms with E-state index in [1.807, 2.05) is 32.0 Å². The van der Waals surface area contributed by atoms with Gasteiger partial charge in [-0.1, -0.05) is 17.4 Å². The van der Waals surface area contributed by atoms with E-state index >= 15 is 0 Å². The van der Waals surface area contributed by atoms with Gasteiger partial charge in [0.2, 0.25) is 5.91 Å². The third-order valence-electron chi connectivity index (χ3n) is 3.30. The van der Waals surface area contributed by atoms with Gasteiger partial charge in [0.15, 0.2) is 11.5 Å². The summed E-state index contributed by atoms with van der Waals surface area (Å²) in [4.78, 5) is 23.5. The van der Waals surface area contributed by atoms with Gasteiger partial charge in [0.05, 0.1) is 13.7 Å². The van der Waals surface area contributed by atoms with E-state index in [-0.39, 0.29) is 17.3 Å². The van der Waals surface area contributed by atoms with Crippen molar-refractivity contribution >= 4 is 17.2 Å². The highest BCUT2D eigenvalue weighted by Gasteiger charge is 2.09. The summed E-state index contributed by atoms with van der Waals surface area (Å²) in [5, 5.41) is 4.55. The number of benzene rings is 1. The van der Waals surface area contributed by atoms with E-state index in [0.717, 1.165) is 22.6 Å². The molecule has 1 heterocycles. The number of nitrogens with one attached hydrogen (secondary N) is 1. The molecule has 0 atom stereocenters. The van der Waals surface area contributed by atoms with E-state index in [9.17, 15) is 9.59 Å². The largest absolute Gasteiger partial charge is 0.493 e. The zero-order valence-electron chi connectivity index (χ0n) is 13.4. The lowest BCUT2D eigenvalue weighted by molar-refractivity contribution is -0.121. The minimum absolute atomic E-state index is 0.0301. The molecule has 0 radical (unpaired) electrons. The molecule has 0 saturated heterocycles. The summed E-state index contributed by atoms with van der Waals surface area (Å²) >= 11 is 1.10. The summed E-state index contributed by atoms with van der Waals surface area (Å²) in [7, 11) is 1.58. The fraction of sp³-hybridized carbons (Fsp3) is 0.375. The number of aryl methyl sites for hydroxylation is 1. The number of methoxy groups -OCH3 is 1. The molecule has 2 aromatic rings. The quantitative estimate of drug-likeness (QED) is 0.839. The zero-order valence-corrected chi connectivity index (χ0v) is 14.2. The molecule has 23 heavy (non-hydrogen) atoms. The lowest BCUT2D eigenvalue weighted by Gasteiger charge is -2.12. The van der Waals surface area contributed by atoms with Gasteiger partial charge in [0.25, 0.3) is 0 Å². The zero-order chi connectivity index (χ0) is 16.8. The number of ether oxygens (including phenoxy) is 2. The topological polar surface area (TPSA) is 69.6 Å². The van der Waals surface area contributed by atoms with Crippen LogP contribution >= 0.6 is 11.3 Å². The number of aromatic nitrogens is 1. The molecule has 7 heteroatoms. The van der Waals surface area contributed by atoms with Crippen LogP contribution in [-0.2, 0) is 17.9 Å². The van der Waals surface area contributed by atoms with E-state index in [0.29, 0.717) is 24.7 Å². The molecule has 0 aliphatic carbocycles. The number of carbonyl (C=O) groups is 1. The summed E-state index contributed by atoms with van der Waals surface area (Å²) in [6.07, 6.45) is 0. The highest BCUT2D eigenvalue weighted by molar-refractivity contribution is 7.07. The van der Waals surface area contributed by atoms with E-state index < -0.39 is 0 Å². The van der Waals surface area contributed by atoms with E-state index in [4.69, 9.17) is 9.47 Å². The van der Waals surface area contributed by atoms with Gasteiger partial charge in [-0.05, 0) is 31.5 Å². The van der Waals surface area contributed by atoms with Gasteiger partial charge in [-0.15, -0.1) is 0 Å². The minimum Gasteiger partial charge on any atom is -0.493 e. The summed E-state index contributed by atoms with van der Waals surface area (Å²) in [5.41, 5.74) is 1.69. The van der Waals surface area contributed by atoms with Crippen LogP contribution in [0.2, 0.25) is 0 Å². The Bertz CT molecular complexity index is 736. The average molecular weight is 336 g/mol. The lowest BCUT2D eigenvalue weighted by Crippen LogP contribution is -2.30. The van der Waals surface area contributed by atoms with Gasteiger partial charge in [0.1, 0.15) is 6.54 Å². The molecule has 0 aliphatic rings. The number of nitrogens with zero attached hydrogens (tertiary/aromatic N) is 1. The summed E-state index contributed by atoms with van der Waals surface area (Å²) < 4.78 is 12.2. The molecule has 0 aliphatic heterocycles. The Balaban J connectivity index is 1.97. The smallest absolute Gasteiger partial charge is 0.307 e. The first kappa shape index (κ1) is 17.1. The molecule has 1 amide bonds. The molecule has 124 valence electrons. The van der Waals surface area contributed by atoms with Crippen LogP contribution in [0, 0.1) is 6.92 Å². The Morgan fingerprint density at radius 2 is 2.13 bits per heavy atom. The first-order valence-corrected chi connectivity index (χ1v) is 8.14. The summed E-state index contributed by atoms with van der Waals surface area (Å²) in [5.74, 6) is 1.09.